The first kappa shape index (κ1) is 12.1. The van der Waals surface area contributed by atoms with E-state index in [9.17, 15) is 0 Å². The van der Waals surface area contributed by atoms with E-state index < -0.39 is 0 Å². The lowest BCUT2D eigenvalue weighted by molar-refractivity contribution is 0.531. The van der Waals surface area contributed by atoms with E-state index in [-0.39, 0.29) is 0 Å². The van der Waals surface area contributed by atoms with E-state index in [0.717, 1.165) is 18.1 Å². The number of rotatable bonds is 5. The summed E-state index contributed by atoms with van der Waals surface area (Å²) >= 11 is 5.86. The number of hydrogen-bond acceptors (Lipinski definition) is 2. The summed E-state index contributed by atoms with van der Waals surface area (Å²) in [7, 11) is 0. The van der Waals surface area contributed by atoms with E-state index in [4.69, 9.17) is 11.6 Å². The molecule has 0 saturated carbocycles. The fourth-order valence-corrected chi connectivity index (χ4v) is 1.82. The van der Waals surface area contributed by atoms with Crippen LogP contribution in [0.25, 0.3) is 0 Å². The van der Waals surface area contributed by atoms with Crippen LogP contribution in [0.4, 0.5) is 0 Å². The van der Waals surface area contributed by atoms with E-state index in [1.165, 1.54) is 5.56 Å². The van der Waals surface area contributed by atoms with Gasteiger partial charge >= 0.3 is 0 Å². The third-order valence-electron chi connectivity index (χ3n) is 2.75. The minimum Gasteiger partial charge on any atom is -0.336 e. The maximum absolute atomic E-state index is 5.86. The molecule has 1 aromatic heterocycles. The monoisotopic (exact) mass is 249 g/mol. The Hall–Kier alpha value is -1.32. The molecule has 3 nitrogen and oxygen atoms in total. The topological polar surface area (TPSA) is 29.9 Å². The molecule has 0 aliphatic heterocycles. The van der Waals surface area contributed by atoms with E-state index in [0.29, 0.717) is 6.04 Å². The predicted molar refractivity (Wildman–Crippen MR) is 70.1 cm³/mol. The molecule has 1 atom stereocenters. The van der Waals surface area contributed by atoms with Crippen LogP contribution < -0.4 is 5.32 Å². The first-order valence-electron chi connectivity index (χ1n) is 5.70. The summed E-state index contributed by atoms with van der Waals surface area (Å²) in [4.78, 5) is 4.01. The Morgan fingerprint density at radius 3 is 2.76 bits per heavy atom. The molecular formula is C13H16ClN3. The molecule has 1 aromatic carbocycles. The van der Waals surface area contributed by atoms with Gasteiger partial charge < -0.3 is 9.88 Å². The second-order valence-electron chi connectivity index (χ2n) is 4.03. The number of benzene rings is 1. The Morgan fingerprint density at radius 1 is 1.35 bits per heavy atom. The minimum atomic E-state index is 0.329. The van der Waals surface area contributed by atoms with Gasteiger partial charge in [0.1, 0.15) is 0 Å². The van der Waals surface area contributed by atoms with E-state index in [2.05, 4.69) is 33.9 Å². The standard InChI is InChI=1S/C13H16ClN3/c1-11(12-2-4-13(14)5-3-12)16-7-9-17-8-6-15-10-17/h2-6,8,10-11,16H,7,9H2,1H3. The normalized spacial score (nSPS) is 12.6. The van der Waals surface area contributed by atoms with E-state index in [1.54, 1.807) is 6.20 Å². The van der Waals surface area contributed by atoms with Crippen LogP contribution in [0.1, 0.15) is 18.5 Å². The molecule has 0 fully saturated rings. The second kappa shape index (κ2) is 5.84. The van der Waals surface area contributed by atoms with Crippen LogP contribution in [-0.4, -0.2) is 16.1 Å². The van der Waals surface area contributed by atoms with Crippen LogP contribution in [0.5, 0.6) is 0 Å². The molecule has 0 spiro atoms. The molecule has 0 saturated heterocycles. The van der Waals surface area contributed by atoms with Crippen molar-refractivity contribution in [3.8, 4) is 0 Å². The smallest absolute Gasteiger partial charge is 0.0946 e. The molecule has 0 radical (unpaired) electrons. The highest BCUT2D eigenvalue weighted by atomic mass is 35.5. The quantitative estimate of drug-likeness (QED) is 0.883. The minimum absolute atomic E-state index is 0.329. The van der Waals surface area contributed by atoms with Crippen molar-refractivity contribution in [2.24, 2.45) is 0 Å². The number of aromatic nitrogens is 2. The van der Waals surface area contributed by atoms with Crippen molar-refractivity contribution >= 4 is 11.6 Å². The number of hydrogen-bond donors (Lipinski definition) is 1. The molecule has 90 valence electrons. The SMILES string of the molecule is CC(NCCn1ccnc1)c1ccc(Cl)cc1. The molecule has 1 heterocycles. The number of imidazole rings is 1. The zero-order valence-electron chi connectivity index (χ0n) is 9.81. The highest BCUT2D eigenvalue weighted by Crippen LogP contribution is 2.15. The zero-order chi connectivity index (χ0) is 12.1. The van der Waals surface area contributed by atoms with E-state index in [1.807, 2.05) is 24.7 Å². The molecule has 1 N–H and O–H groups in total. The van der Waals surface area contributed by atoms with Crippen LogP contribution in [0, 0.1) is 0 Å². The molecule has 0 aliphatic carbocycles. The van der Waals surface area contributed by atoms with Crippen molar-refractivity contribution in [3.63, 3.8) is 0 Å². The molecule has 0 amide bonds. The lowest BCUT2D eigenvalue weighted by atomic mass is 10.1. The van der Waals surface area contributed by atoms with Gasteiger partial charge in [0.2, 0.25) is 0 Å². The molecule has 1 unspecified atom stereocenters. The lowest BCUT2D eigenvalue weighted by Gasteiger charge is -2.14. The van der Waals surface area contributed by atoms with E-state index >= 15 is 0 Å². The molecular weight excluding hydrogens is 234 g/mol. The van der Waals surface area contributed by atoms with Crippen molar-refractivity contribution in [1.29, 1.82) is 0 Å². The van der Waals surface area contributed by atoms with Gasteiger partial charge in [0.05, 0.1) is 6.33 Å². The van der Waals surface area contributed by atoms with Gasteiger partial charge in [-0.05, 0) is 24.6 Å². The molecule has 4 heteroatoms. The maximum atomic E-state index is 5.86. The van der Waals surface area contributed by atoms with Crippen molar-refractivity contribution in [1.82, 2.24) is 14.9 Å². The first-order chi connectivity index (χ1) is 8.25. The number of nitrogens with one attached hydrogen (secondary N) is 1. The second-order valence-corrected chi connectivity index (χ2v) is 4.46. The van der Waals surface area contributed by atoms with Crippen LogP contribution in [0.3, 0.4) is 0 Å². The molecule has 0 bridgehead atoms. The number of halogens is 1. The summed E-state index contributed by atoms with van der Waals surface area (Å²) in [5.74, 6) is 0. The third kappa shape index (κ3) is 3.58. The average Bonchev–Trinajstić information content (AvgIpc) is 2.83. The maximum Gasteiger partial charge on any atom is 0.0946 e. The fourth-order valence-electron chi connectivity index (χ4n) is 1.70. The van der Waals surface area contributed by atoms with Gasteiger partial charge in [0.25, 0.3) is 0 Å². The highest BCUT2D eigenvalue weighted by Gasteiger charge is 2.03. The van der Waals surface area contributed by atoms with Gasteiger partial charge in [-0.3, -0.25) is 0 Å². The van der Waals surface area contributed by atoms with Crippen LogP contribution >= 0.6 is 11.6 Å². The molecule has 17 heavy (non-hydrogen) atoms. The molecule has 2 aromatic rings. The highest BCUT2D eigenvalue weighted by molar-refractivity contribution is 6.30. The third-order valence-corrected chi connectivity index (χ3v) is 3.00. The zero-order valence-corrected chi connectivity index (χ0v) is 10.6. The Morgan fingerprint density at radius 2 is 2.12 bits per heavy atom. The Bertz CT molecular complexity index is 436. The predicted octanol–water partition coefficient (Wildman–Crippen LogP) is 2.89. The van der Waals surface area contributed by atoms with Crippen LogP contribution in [0.15, 0.2) is 43.0 Å². The first-order valence-corrected chi connectivity index (χ1v) is 6.08. The summed E-state index contributed by atoms with van der Waals surface area (Å²) in [5.41, 5.74) is 1.25. The summed E-state index contributed by atoms with van der Waals surface area (Å²) < 4.78 is 2.06. The molecule has 2 rings (SSSR count). The van der Waals surface area contributed by atoms with Gasteiger partial charge in [-0.25, -0.2) is 4.98 Å². The number of nitrogens with zero attached hydrogens (tertiary/aromatic N) is 2. The Labute approximate surface area is 106 Å². The molecule has 0 aliphatic rings. The summed E-state index contributed by atoms with van der Waals surface area (Å²) in [6, 6.07) is 8.28. The lowest BCUT2D eigenvalue weighted by Crippen LogP contribution is -2.22. The van der Waals surface area contributed by atoms with Crippen LogP contribution in [-0.2, 0) is 6.54 Å². The summed E-state index contributed by atoms with van der Waals surface area (Å²) in [6.45, 7) is 4.00. The van der Waals surface area contributed by atoms with Crippen LogP contribution in [0.2, 0.25) is 5.02 Å². The summed E-state index contributed by atoms with van der Waals surface area (Å²) in [6.07, 6.45) is 5.59. The van der Waals surface area contributed by atoms with Crippen molar-refractivity contribution in [2.45, 2.75) is 19.5 Å². The van der Waals surface area contributed by atoms with Gasteiger partial charge in [-0.15, -0.1) is 0 Å². The average molecular weight is 250 g/mol. The summed E-state index contributed by atoms with van der Waals surface area (Å²) in [5, 5.41) is 4.24. The van der Waals surface area contributed by atoms with Crippen molar-refractivity contribution in [2.75, 3.05) is 6.54 Å². The van der Waals surface area contributed by atoms with Crippen molar-refractivity contribution < 1.29 is 0 Å². The fraction of sp³-hybridized carbons (Fsp3) is 0.308. The Kier molecular flexibility index (Phi) is 4.18. The Balaban J connectivity index is 1.81. The van der Waals surface area contributed by atoms with Gasteiger partial charge in [0, 0.05) is 36.5 Å². The van der Waals surface area contributed by atoms with Crippen molar-refractivity contribution in [3.05, 3.63) is 53.6 Å². The van der Waals surface area contributed by atoms with Gasteiger partial charge in [0.15, 0.2) is 0 Å². The van der Waals surface area contributed by atoms with Gasteiger partial charge in [-0.1, -0.05) is 23.7 Å². The largest absolute Gasteiger partial charge is 0.336 e. The van der Waals surface area contributed by atoms with Gasteiger partial charge in [-0.2, -0.15) is 0 Å².